The number of aromatic nitrogens is 2. The monoisotopic (exact) mass is 248 g/mol. The van der Waals surface area contributed by atoms with E-state index in [1.807, 2.05) is 0 Å². The van der Waals surface area contributed by atoms with Gasteiger partial charge in [0, 0.05) is 13.0 Å². The number of carboxylic acids is 1. The molecule has 0 saturated heterocycles. The number of nitrogens with zero attached hydrogens (tertiary/aromatic N) is 2. The van der Waals surface area contributed by atoms with Crippen molar-refractivity contribution in [1.29, 1.82) is 0 Å². The molecule has 0 aliphatic rings. The molecule has 0 spiro atoms. The Morgan fingerprint density at radius 3 is 3.00 bits per heavy atom. The minimum Gasteiger partial charge on any atom is -0.478 e. The molecular formula is C11H12N4O3. The molecule has 0 bridgehead atoms. The molecule has 94 valence electrons. The van der Waals surface area contributed by atoms with Crippen molar-refractivity contribution in [2.45, 2.75) is 6.42 Å². The smallest absolute Gasteiger partial charge is 0.337 e. The Balaban J connectivity index is 2.01. The van der Waals surface area contributed by atoms with Crippen molar-refractivity contribution in [1.82, 2.24) is 10.1 Å². The third kappa shape index (κ3) is 2.57. The Bertz CT molecular complexity index is 539. The minimum atomic E-state index is -1.05. The molecule has 0 aliphatic carbocycles. The molecule has 1 aromatic heterocycles. The normalized spacial score (nSPS) is 10.2. The maximum atomic E-state index is 10.9. The summed E-state index contributed by atoms with van der Waals surface area (Å²) in [4.78, 5) is 14.8. The van der Waals surface area contributed by atoms with E-state index in [0.717, 1.165) is 0 Å². The molecule has 7 nitrogen and oxygen atoms in total. The lowest BCUT2D eigenvalue weighted by Gasteiger charge is -2.10. The fourth-order valence-corrected chi connectivity index (χ4v) is 1.52. The molecule has 0 fully saturated rings. The van der Waals surface area contributed by atoms with E-state index in [1.54, 1.807) is 12.1 Å². The summed E-state index contributed by atoms with van der Waals surface area (Å²) in [5.74, 6) is -0.468. The second-order valence-corrected chi connectivity index (χ2v) is 3.60. The minimum absolute atomic E-state index is 0.0829. The van der Waals surface area contributed by atoms with Crippen LogP contribution >= 0.6 is 0 Å². The zero-order valence-corrected chi connectivity index (χ0v) is 9.46. The third-order valence-corrected chi connectivity index (χ3v) is 2.41. The Labute approximate surface area is 103 Å². The number of nitrogens with two attached hydrogens (primary N) is 1. The average molecular weight is 248 g/mol. The highest BCUT2D eigenvalue weighted by Crippen LogP contribution is 2.22. The van der Waals surface area contributed by atoms with Crippen molar-refractivity contribution in [2.75, 3.05) is 17.6 Å². The van der Waals surface area contributed by atoms with Gasteiger partial charge in [0.2, 0.25) is 6.39 Å². The summed E-state index contributed by atoms with van der Waals surface area (Å²) in [6.45, 7) is 0.535. The van der Waals surface area contributed by atoms with Crippen LogP contribution in [0.25, 0.3) is 0 Å². The van der Waals surface area contributed by atoms with Gasteiger partial charge in [-0.05, 0) is 12.1 Å². The SMILES string of the molecule is Nc1c(NCCc2ncon2)cccc1C(=O)O. The summed E-state index contributed by atoms with van der Waals surface area (Å²) >= 11 is 0. The number of aromatic carboxylic acids is 1. The predicted molar refractivity (Wildman–Crippen MR) is 64.3 cm³/mol. The van der Waals surface area contributed by atoms with Crippen molar-refractivity contribution in [3.8, 4) is 0 Å². The molecule has 7 heteroatoms. The van der Waals surface area contributed by atoms with Crippen LogP contribution in [0.15, 0.2) is 29.1 Å². The highest BCUT2D eigenvalue weighted by Gasteiger charge is 2.10. The Hall–Kier alpha value is -2.57. The second kappa shape index (κ2) is 5.17. The number of carboxylic acid groups (broad SMARTS) is 1. The van der Waals surface area contributed by atoms with Crippen molar-refractivity contribution in [3.05, 3.63) is 36.0 Å². The van der Waals surface area contributed by atoms with E-state index >= 15 is 0 Å². The lowest BCUT2D eigenvalue weighted by molar-refractivity contribution is 0.0698. The van der Waals surface area contributed by atoms with E-state index in [-0.39, 0.29) is 11.3 Å². The number of hydrogen-bond donors (Lipinski definition) is 3. The van der Waals surface area contributed by atoms with Crippen molar-refractivity contribution in [2.24, 2.45) is 0 Å². The molecular weight excluding hydrogens is 236 g/mol. The van der Waals surface area contributed by atoms with Gasteiger partial charge in [-0.25, -0.2) is 4.79 Å². The van der Waals surface area contributed by atoms with Gasteiger partial charge >= 0.3 is 5.97 Å². The van der Waals surface area contributed by atoms with E-state index in [1.165, 1.54) is 12.5 Å². The summed E-state index contributed by atoms with van der Waals surface area (Å²) in [5, 5.41) is 15.6. The Kier molecular flexibility index (Phi) is 3.42. The number of anilines is 2. The van der Waals surface area contributed by atoms with E-state index in [4.69, 9.17) is 10.8 Å². The van der Waals surface area contributed by atoms with Gasteiger partial charge in [0.15, 0.2) is 5.82 Å². The van der Waals surface area contributed by atoms with Crippen LogP contribution in [0.4, 0.5) is 11.4 Å². The zero-order valence-electron chi connectivity index (χ0n) is 9.46. The molecule has 0 aliphatic heterocycles. The van der Waals surface area contributed by atoms with Crippen LogP contribution in [-0.4, -0.2) is 27.8 Å². The molecule has 0 atom stereocenters. The van der Waals surface area contributed by atoms with Crippen LogP contribution in [0.3, 0.4) is 0 Å². The Morgan fingerprint density at radius 1 is 1.50 bits per heavy atom. The Morgan fingerprint density at radius 2 is 2.33 bits per heavy atom. The van der Waals surface area contributed by atoms with Crippen LogP contribution in [0.5, 0.6) is 0 Å². The van der Waals surface area contributed by atoms with Crippen LogP contribution in [-0.2, 0) is 6.42 Å². The van der Waals surface area contributed by atoms with Gasteiger partial charge in [-0.3, -0.25) is 0 Å². The lowest BCUT2D eigenvalue weighted by atomic mass is 10.1. The summed E-state index contributed by atoms with van der Waals surface area (Å²) in [6, 6.07) is 4.82. The lowest BCUT2D eigenvalue weighted by Crippen LogP contribution is -2.10. The molecule has 4 N–H and O–H groups in total. The summed E-state index contributed by atoms with van der Waals surface area (Å²) in [7, 11) is 0. The molecule has 1 aromatic carbocycles. The van der Waals surface area contributed by atoms with Gasteiger partial charge in [0.05, 0.1) is 16.9 Å². The number of nitrogen functional groups attached to an aromatic ring is 1. The largest absolute Gasteiger partial charge is 0.478 e. The molecule has 1 heterocycles. The van der Waals surface area contributed by atoms with E-state index in [0.29, 0.717) is 24.5 Å². The topological polar surface area (TPSA) is 114 Å². The maximum absolute atomic E-state index is 10.9. The number of carbonyl (C=O) groups is 1. The molecule has 0 saturated carbocycles. The van der Waals surface area contributed by atoms with E-state index in [2.05, 4.69) is 20.0 Å². The fraction of sp³-hybridized carbons (Fsp3) is 0.182. The fourth-order valence-electron chi connectivity index (χ4n) is 1.52. The van der Waals surface area contributed by atoms with Crippen molar-refractivity contribution in [3.63, 3.8) is 0 Å². The molecule has 0 radical (unpaired) electrons. The molecule has 0 amide bonds. The third-order valence-electron chi connectivity index (χ3n) is 2.41. The summed E-state index contributed by atoms with van der Waals surface area (Å²) in [6.07, 6.45) is 1.82. The van der Waals surface area contributed by atoms with Crippen molar-refractivity contribution >= 4 is 17.3 Å². The second-order valence-electron chi connectivity index (χ2n) is 3.60. The van der Waals surface area contributed by atoms with Gasteiger partial charge in [-0.2, -0.15) is 4.98 Å². The summed E-state index contributed by atoms with van der Waals surface area (Å²) < 4.78 is 4.60. The molecule has 2 rings (SSSR count). The van der Waals surface area contributed by atoms with Crippen LogP contribution in [0, 0.1) is 0 Å². The van der Waals surface area contributed by atoms with Crippen LogP contribution in [0.2, 0.25) is 0 Å². The van der Waals surface area contributed by atoms with Gasteiger partial charge in [0.25, 0.3) is 0 Å². The molecule has 18 heavy (non-hydrogen) atoms. The first-order valence-corrected chi connectivity index (χ1v) is 5.29. The van der Waals surface area contributed by atoms with E-state index in [9.17, 15) is 4.79 Å². The predicted octanol–water partition coefficient (Wildman–Crippen LogP) is 1.00. The van der Waals surface area contributed by atoms with Crippen molar-refractivity contribution < 1.29 is 14.4 Å². The molecule has 2 aromatic rings. The first kappa shape index (κ1) is 11.9. The maximum Gasteiger partial charge on any atom is 0.337 e. The number of hydrogen-bond acceptors (Lipinski definition) is 6. The average Bonchev–Trinajstić information content (AvgIpc) is 2.84. The summed E-state index contributed by atoms with van der Waals surface area (Å²) in [5.41, 5.74) is 6.64. The first-order valence-electron chi connectivity index (χ1n) is 5.29. The number of nitrogens with one attached hydrogen (secondary N) is 1. The van der Waals surface area contributed by atoms with Crippen LogP contribution in [0.1, 0.15) is 16.2 Å². The number of benzene rings is 1. The van der Waals surface area contributed by atoms with E-state index < -0.39 is 5.97 Å². The van der Waals surface area contributed by atoms with Gasteiger partial charge in [0.1, 0.15) is 0 Å². The zero-order chi connectivity index (χ0) is 13.0. The quantitative estimate of drug-likeness (QED) is 0.676. The first-order chi connectivity index (χ1) is 8.68. The van der Waals surface area contributed by atoms with Gasteiger partial charge in [-0.1, -0.05) is 11.2 Å². The van der Waals surface area contributed by atoms with Gasteiger partial charge in [-0.15, -0.1) is 0 Å². The molecule has 0 unspecified atom stereocenters. The highest BCUT2D eigenvalue weighted by atomic mass is 16.5. The van der Waals surface area contributed by atoms with Crippen LogP contribution < -0.4 is 11.1 Å². The number of para-hydroxylation sites is 1. The van der Waals surface area contributed by atoms with Gasteiger partial charge < -0.3 is 20.7 Å². The standard InChI is InChI=1S/C11H12N4O3/c12-10-7(11(16)17)2-1-3-8(10)13-5-4-9-14-6-18-15-9/h1-3,6,13H,4-5,12H2,(H,16,17). The number of rotatable bonds is 5. The highest BCUT2D eigenvalue weighted by molar-refractivity contribution is 5.97.